The van der Waals surface area contributed by atoms with Gasteiger partial charge in [-0.15, -0.1) is 0 Å². The van der Waals surface area contributed by atoms with Gasteiger partial charge in [-0.1, -0.05) is 11.6 Å². The number of pyridine rings is 1. The molecule has 1 unspecified atom stereocenters. The summed E-state index contributed by atoms with van der Waals surface area (Å²) in [4.78, 5) is 22.3. The molecule has 31 heavy (non-hydrogen) atoms. The number of methoxy groups -OCH3 is 1. The molecule has 0 aliphatic heterocycles. The largest absolute Gasteiger partial charge is 0.390 e. The second kappa shape index (κ2) is 11.3. The number of nitrogens with zero attached hydrogens (tertiary/aromatic N) is 5. The first kappa shape index (κ1) is 25.0. The maximum Gasteiger partial charge on any atom is 0.390 e. The minimum absolute atomic E-state index is 0.0309. The van der Waals surface area contributed by atoms with Gasteiger partial charge in [-0.2, -0.15) is 18.3 Å². The van der Waals surface area contributed by atoms with Crippen LogP contribution in [0.2, 0.25) is 5.15 Å². The molecule has 0 aromatic carbocycles. The maximum atomic E-state index is 13.1. The van der Waals surface area contributed by atoms with Gasteiger partial charge in [0, 0.05) is 36.4 Å². The van der Waals surface area contributed by atoms with Crippen molar-refractivity contribution < 1.29 is 26.9 Å². The first-order chi connectivity index (χ1) is 14.7. The quantitative estimate of drug-likeness (QED) is 0.489. The normalized spacial score (nSPS) is 13.3. The Morgan fingerprint density at radius 3 is 2.74 bits per heavy atom. The summed E-state index contributed by atoms with van der Waals surface area (Å²) in [5, 5.41) is 4.20. The van der Waals surface area contributed by atoms with Crippen LogP contribution < -0.4 is 4.90 Å². The zero-order valence-corrected chi connectivity index (χ0v) is 18.4. The van der Waals surface area contributed by atoms with Gasteiger partial charge in [0.15, 0.2) is 5.15 Å². The SMILES string of the molecule is CCN(C(=O)/C(CS(=O)CCC(F)(F)F)=N/COC)c1cn(-c2cccnc2)nc1Cl. The van der Waals surface area contributed by atoms with Gasteiger partial charge in [-0.25, -0.2) is 4.68 Å². The van der Waals surface area contributed by atoms with Crippen molar-refractivity contribution in [2.24, 2.45) is 4.99 Å². The second-order valence-electron chi connectivity index (χ2n) is 6.19. The summed E-state index contributed by atoms with van der Waals surface area (Å²) in [6.07, 6.45) is -0.982. The number of ether oxygens (including phenoxy) is 1. The van der Waals surface area contributed by atoms with Crippen LogP contribution in [0.4, 0.5) is 18.9 Å². The molecule has 2 aromatic heterocycles. The fourth-order valence-electron chi connectivity index (χ4n) is 2.50. The molecule has 0 radical (unpaired) electrons. The van der Waals surface area contributed by atoms with E-state index >= 15 is 0 Å². The van der Waals surface area contributed by atoms with Gasteiger partial charge in [0.1, 0.15) is 18.1 Å². The molecular formula is C18H21ClF3N5O3S. The third-order valence-corrected chi connectivity index (χ3v) is 5.48. The summed E-state index contributed by atoms with van der Waals surface area (Å²) in [6, 6.07) is 3.45. The molecule has 0 fully saturated rings. The predicted molar refractivity (Wildman–Crippen MR) is 112 cm³/mol. The summed E-state index contributed by atoms with van der Waals surface area (Å²) in [5.41, 5.74) is 0.708. The minimum atomic E-state index is -4.44. The van der Waals surface area contributed by atoms with Crippen LogP contribution in [0.25, 0.3) is 5.69 Å². The third-order valence-electron chi connectivity index (χ3n) is 3.96. The Balaban J connectivity index is 2.26. The lowest BCUT2D eigenvalue weighted by molar-refractivity contribution is -0.129. The van der Waals surface area contributed by atoms with Crippen LogP contribution in [0.3, 0.4) is 0 Å². The predicted octanol–water partition coefficient (Wildman–Crippen LogP) is 3.02. The van der Waals surface area contributed by atoms with Crippen molar-refractivity contribution in [1.29, 1.82) is 0 Å². The molecule has 0 saturated heterocycles. The van der Waals surface area contributed by atoms with E-state index in [2.05, 4.69) is 15.1 Å². The molecule has 1 atom stereocenters. The first-order valence-corrected chi connectivity index (χ1v) is 10.9. The van der Waals surface area contributed by atoms with E-state index in [-0.39, 0.29) is 29.8 Å². The smallest absolute Gasteiger partial charge is 0.363 e. The van der Waals surface area contributed by atoms with Gasteiger partial charge in [0.05, 0.1) is 30.3 Å². The van der Waals surface area contributed by atoms with E-state index < -0.39 is 40.8 Å². The third kappa shape index (κ3) is 7.40. The molecule has 0 saturated carbocycles. The van der Waals surface area contributed by atoms with E-state index in [1.165, 1.54) is 22.9 Å². The van der Waals surface area contributed by atoms with Crippen LogP contribution in [0.15, 0.2) is 35.7 Å². The highest BCUT2D eigenvalue weighted by Gasteiger charge is 2.29. The standard InChI is InChI=1S/C18H21ClF3N5O3S/c1-3-26(15-10-27(25-16(15)19)13-5-4-7-23-9-13)17(28)14(24-12-30-2)11-31(29)8-6-18(20,21)22/h4-5,7,9-10H,3,6,8,11-12H2,1-2H3/b24-14+. The number of anilines is 1. The number of aliphatic imine (C=N–C) groups is 1. The molecule has 2 heterocycles. The molecule has 0 bridgehead atoms. The Morgan fingerprint density at radius 2 is 2.16 bits per heavy atom. The molecule has 0 spiro atoms. The average molecular weight is 480 g/mol. The molecule has 170 valence electrons. The van der Waals surface area contributed by atoms with Crippen LogP contribution in [0, 0.1) is 0 Å². The number of carbonyl (C=O) groups is 1. The highest BCUT2D eigenvalue weighted by atomic mass is 35.5. The van der Waals surface area contributed by atoms with Gasteiger partial charge in [0.25, 0.3) is 5.91 Å². The number of rotatable bonds is 10. The van der Waals surface area contributed by atoms with E-state index in [0.29, 0.717) is 5.69 Å². The Morgan fingerprint density at radius 1 is 1.42 bits per heavy atom. The van der Waals surface area contributed by atoms with Crippen molar-refractivity contribution in [2.45, 2.75) is 19.5 Å². The number of hydrogen-bond acceptors (Lipinski definition) is 6. The number of halogens is 4. The van der Waals surface area contributed by atoms with E-state index in [1.807, 2.05) is 0 Å². The van der Waals surface area contributed by atoms with Crippen LogP contribution in [0.1, 0.15) is 13.3 Å². The molecule has 2 rings (SSSR count). The topological polar surface area (TPSA) is 89.7 Å². The molecule has 0 N–H and O–H groups in total. The fraction of sp³-hybridized carbons (Fsp3) is 0.444. The lowest BCUT2D eigenvalue weighted by Crippen LogP contribution is -2.39. The van der Waals surface area contributed by atoms with Crippen LogP contribution in [0.5, 0.6) is 0 Å². The summed E-state index contributed by atoms with van der Waals surface area (Å²) >= 11 is 6.23. The van der Waals surface area contributed by atoms with Crippen LogP contribution in [-0.4, -0.2) is 68.7 Å². The zero-order chi connectivity index (χ0) is 23.0. The lowest BCUT2D eigenvalue weighted by atomic mass is 10.3. The molecule has 8 nitrogen and oxygen atoms in total. The molecule has 2 aromatic rings. The highest BCUT2D eigenvalue weighted by Crippen LogP contribution is 2.26. The zero-order valence-electron chi connectivity index (χ0n) is 16.8. The van der Waals surface area contributed by atoms with E-state index in [1.54, 1.807) is 31.5 Å². The van der Waals surface area contributed by atoms with Crippen molar-refractivity contribution in [2.75, 3.05) is 36.8 Å². The molecule has 13 heteroatoms. The summed E-state index contributed by atoms with van der Waals surface area (Å²) in [7, 11) is -0.595. The van der Waals surface area contributed by atoms with Gasteiger partial charge in [0.2, 0.25) is 0 Å². The Bertz CT molecular complexity index is 937. The van der Waals surface area contributed by atoms with Gasteiger partial charge < -0.3 is 9.64 Å². The highest BCUT2D eigenvalue weighted by molar-refractivity contribution is 7.85. The Kier molecular flexibility index (Phi) is 9.14. The fourth-order valence-corrected chi connectivity index (χ4v) is 3.85. The minimum Gasteiger partial charge on any atom is -0.363 e. The van der Waals surface area contributed by atoms with Crippen molar-refractivity contribution in [3.8, 4) is 5.69 Å². The van der Waals surface area contributed by atoms with Crippen LogP contribution >= 0.6 is 11.6 Å². The lowest BCUT2D eigenvalue weighted by Gasteiger charge is -2.20. The number of hydrogen-bond donors (Lipinski definition) is 0. The van der Waals surface area contributed by atoms with Crippen molar-refractivity contribution in [3.63, 3.8) is 0 Å². The molecule has 0 aliphatic carbocycles. The van der Waals surface area contributed by atoms with E-state index in [0.717, 1.165) is 0 Å². The van der Waals surface area contributed by atoms with Crippen LogP contribution in [-0.2, 0) is 20.3 Å². The van der Waals surface area contributed by atoms with Gasteiger partial charge in [-0.05, 0) is 19.1 Å². The molecule has 1 amide bonds. The van der Waals surface area contributed by atoms with Crippen molar-refractivity contribution in [3.05, 3.63) is 35.9 Å². The number of amides is 1. The number of alkyl halides is 3. The monoisotopic (exact) mass is 479 g/mol. The first-order valence-electron chi connectivity index (χ1n) is 9.07. The second-order valence-corrected chi connectivity index (χ2v) is 8.12. The van der Waals surface area contributed by atoms with E-state index in [9.17, 15) is 22.2 Å². The maximum absolute atomic E-state index is 13.1. The molecular weight excluding hydrogens is 459 g/mol. The Hall–Kier alpha value is -2.31. The van der Waals surface area contributed by atoms with Crippen molar-refractivity contribution >= 4 is 39.7 Å². The summed E-state index contributed by atoms with van der Waals surface area (Å²) < 4.78 is 55.7. The van der Waals surface area contributed by atoms with Gasteiger partial charge >= 0.3 is 6.18 Å². The van der Waals surface area contributed by atoms with Crippen molar-refractivity contribution in [1.82, 2.24) is 14.8 Å². The average Bonchev–Trinajstić information content (AvgIpc) is 3.11. The Labute approximate surface area is 184 Å². The number of carbonyl (C=O) groups excluding carboxylic acids is 1. The number of aromatic nitrogens is 3. The summed E-state index contributed by atoms with van der Waals surface area (Å²) in [5.74, 6) is -1.72. The van der Waals surface area contributed by atoms with E-state index in [4.69, 9.17) is 16.3 Å². The van der Waals surface area contributed by atoms with Gasteiger partial charge in [-0.3, -0.25) is 19.0 Å². The molecule has 0 aliphatic rings. The summed E-state index contributed by atoms with van der Waals surface area (Å²) in [6.45, 7) is 1.64.